The quantitative estimate of drug-likeness (QED) is 0.721. The molecule has 2 aromatic rings. The fraction of sp³-hybridized carbons (Fsp3) is 0.500. The summed E-state index contributed by atoms with van der Waals surface area (Å²) in [6, 6.07) is 7.89. The average molecular weight is 467 g/mol. The van der Waals surface area contributed by atoms with Crippen LogP contribution in [0, 0.1) is 12.7 Å². The van der Waals surface area contributed by atoms with E-state index in [-0.39, 0.29) is 42.0 Å². The predicted octanol–water partition coefficient (Wildman–Crippen LogP) is 3.78. The van der Waals surface area contributed by atoms with Crippen LogP contribution in [0.1, 0.15) is 36.3 Å². The molecule has 1 aliphatic heterocycles. The van der Waals surface area contributed by atoms with Crippen molar-refractivity contribution in [1.82, 2.24) is 15.1 Å². The molecule has 1 saturated carbocycles. The van der Waals surface area contributed by atoms with Crippen molar-refractivity contribution in [1.29, 1.82) is 0 Å². The highest BCUT2D eigenvalue weighted by Gasteiger charge is 2.43. The Bertz CT molecular complexity index is 965. The molecule has 2 N–H and O–H groups in total. The Kier molecular flexibility index (Phi) is 6.76. The number of ether oxygens (including phenoxy) is 2. The molecular formula is C22H25ClF2N4O3. The number of aryl methyl sites for hydroxylation is 1. The molecule has 2 aliphatic rings. The summed E-state index contributed by atoms with van der Waals surface area (Å²) in [4.78, 5) is 13.2. The molecule has 3 unspecified atom stereocenters. The number of aromatic nitrogens is 2. The molecule has 5 atom stereocenters. The first-order valence-corrected chi connectivity index (χ1v) is 10.9. The van der Waals surface area contributed by atoms with Crippen molar-refractivity contribution < 1.29 is 23.0 Å². The summed E-state index contributed by atoms with van der Waals surface area (Å²) >= 11 is 5.91. The number of hydrogen-bond donors (Lipinski definition) is 1. The van der Waals surface area contributed by atoms with Crippen molar-refractivity contribution in [2.45, 2.75) is 56.5 Å². The standard InChI is InChI=1S/C22H25ClF2N4O3/c1-12-6-20(23)27-28-21(12)32-19-8-14(13-2-4-15(24)5-3-13)7-18(19)29-10-16(25)9-17(11-29)31-22(26)30/h2-6,14,16-19H,7-11H2,1H3,(H2,26,30)/t14?,16-,17-,18?,19?/m1/s1. The van der Waals surface area contributed by atoms with Crippen LogP contribution < -0.4 is 10.5 Å². The van der Waals surface area contributed by atoms with Gasteiger partial charge in [-0.25, -0.2) is 13.6 Å². The number of hydrogen-bond acceptors (Lipinski definition) is 6. The summed E-state index contributed by atoms with van der Waals surface area (Å²) in [5.74, 6) is 0.149. The highest BCUT2D eigenvalue weighted by molar-refractivity contribution is 6.29. The number of primary amides is 1. The molecule has 32 heavy (non-hydrogen) atoms. The summed E-state index contributed by atoms with van der Waals surface area (Å²) in [5, 5.41) is 8.20. The van der Waals surface area contributed by atoms with Gasteiger partial charge in [-0.1, -0.05) is 23.7 Å². The van der Waals surface area contributed by atoms with Crippen LogP contribution in [0.15, 0.2) is 30.3 Å². The van der Waals surface area contributed by atoms with Crippen molar-refractivity contribution in [3.05, 3.63) is 52.4 Å². The number of piperidine rings is 1. The van der Waals surface area contributed by atoms with Crippen molar-refractivity contribution in [3.63, 3.8) is 0 Å². The number of rotatable bonds is 5. The van der Waals surface area contributed by atoms with E-state index in [4.69, 9.17) is 26.8 Å². The van der Waals surface area contributed by atoms with Crippen LogP contribution in [-0.2, 0) is 4.74 Å². The van der Waals surface area contributed by atoms with E-state index in [9.17, 15) is 13.6 Å². The number of nitrogens with two attached hydrogens (primary N) is 1. The van der Waals surface area contributed by atoms with Gasteiger partial charge in [0.1, 0.15) is 24.2 Å². The number of alkyl halides is 1. The van der Waals surface area contributed by atoms with Crippen LogP contribution in [0.25, 0.3) is 0 Å². The summed E-state index contributed by atoms with van der Waals surface area (Å²) in [7, 11) is 0. The SMILES string of the molecule is Cc1cc(Cl)nnc1OC1CC(c2ccc(F)cc2)CC1N1C[C@H](F)C[C@@H](OC(N)=O)C1. The van der Waals surface area contributed by atoms with E-state index in [0.717, 1.165) is 11.1 Å². The van der Waals surface area contributed by atoms with Crippen LogP contribution in [0.2, 0.25) is 5.15 Å². The first-order chi connectivity index (χ1) is 15.3. The number of likely N-dealkylation sites (tertiary alicyclic amines) is 1. The molecule has 1 aromatic heterocycles. The number of amides is 1. The number of benzene rings is 1. The maximum Gasteiger partial charge on any atom is 0.404 e. The van der Waals surface area contributed by atoms with Gasteiger partial charge in [-0.3, -0.25) is 4.90 Å². The Morgan fingerprint density at radius 3 is 2.62 bits per heavy atom. The molecule has 1 amide bonds. The lowest BCUT2D eigenvalue weighted by atomic mass is 9.97. The minimum atomic E-state index is -1.16. The lowest BCUT2D eigenvalue weighted by Gasteiger charge is -2.39. The van der Waals surface area contributed by atoms with Crippen LogP contribution in [0.5, 0.6) is 5.88 Å². The van der Waals surface area contributed by atoms with Crippen molar-refractivity contribution >= 4 is 17.7 Å². The van der Waals surface area contributed by atoms with E-state index in [1.54, 1.807) is 18.2 Å². The lowest BCUT2D eigenvalue weighted by molar-refractivity contribution is -0.0214. The van der Waals surface area contributed by atoms with E-state index >= 15 is 0 Å². The molecule has 7 nitrogen and oxygen atoms in total. The van der Waals surface area contributed by atoms with Crippen molar-refractivity contribution in [2.75, 3.05) is 13.1 Å². The second kappa shape index (κ2) is 9.54. The molecule has 1 aliphatic carbocycles. The molecule has 4 rings (SSSR count). The first kappa shape index (κ1) is 22.7. The summed E-state index contributed by atoms with van der Waals surface area (Å²) in [6.07, 6.45) is -1.60. The maximum atomic E-state index is 14.5. The zero-order chi connectivity index (χ0) is 22.8. The zero-order valence-corrected chi connectivity index (χ0v) is 18.3. The summed E-state index contributed by atoms with van der Waals surface area (Å²) < 4.78 is 39.3. The van der Waals surface area contributed by atoms with Gasteiger partial charge in [-0.05, 0) is 49.4 Å². The van der Waals surface area contributed by atoms with Crippen LogP contribution in [0.3, 0.4) is 0 Å². The topological polar surface area (TPSA) is 90.6 Å². The van der Waals surface area contributed by atoms with Crippen molar-refractivity contribution in [2.24, 2.45) is 5.73 Å². The Morgan fingerprint density at radius 2 is 1.94 bits per heavy atom. The lowest BCUT2D eigenvalue weighted by Crippen LogP contribution is -2.53. The Balaban J connectivity index is 1.58. The first-order valence-electron chi connectivity index (χ1n) is 10.5. The average Bonchev–Trinajstić information content (AvgIpc) is 3.13. The molecule has 10 heteroatoms. The van der Waals surface area contributed by atoms with Crippen LogP contribution >= 0.6 is 11.6 Å². The molecule has 0 spiro atoms. The Morgan fingerprint density at radius 1 is 1.19 bits per heavy atom. The number of nitrogens with zero attached hydrogens (tertiary/aromatic N) is 3. The Labute approximate surface area is 189 Å². The van der Waals surface area contributed by atoms with Gasteiger partial charge in [-0.15, -0.1) is 10.2 Å². The Hall–Kier alpha value is -2.52. The van der Waals surface area contributed by atoms with Gasteiger partial charge >= 0.3 is 6.09 Å². The fourth-order valence-corrected chi connectivity index (χ4v) is 4.94. The van der Waals surface area contributed by atoms with Crippen LogP contribution in [0.4, 0.5) is 13.6 Å². The molecule has 1 aromatic carbocycles. The third-order valence-corrected chi connectivity index (χ3v) is 6.31. The molecule has 2 fully saturated rings. The predicted molar refractivity (Wildman–Crippen MR) is 114 cm³/mol. The van der Waals surface area contributed by atoms with Gasteiger partial charge in [0.2, 0.25) is 5.88 Å². The van der Waals surface area contributed by atoms with Gasteiger partial charge in [-0.2, -0.15) is 0 Å². The number of carbonyl (C=O) groups is 1. The van der Waals surface area contributed by atoms with E-state index < -0.39 is 18.4 Å². The maximum absolute atomic E-state index is 14.5. The fourth-order valence-electron chi connectivity index (χ4n) is 4.74. The summed E-state index contributed by atoms with van der Waals surface area (Å²) in [6.45, 7) is 2.38. The molecule has 2 heterocycles. The third-order valence-electron chi connectivity index (χ3n) is 6.13. The molecule has 1 saturated heterocycles. The highest BCUT2D eigenvalue weighted by Crippen LogP contribution is 2.40. The normalized spacial score (nSPS) is 28.4. The van der Waals surface area contributed by atoms with Crippen molar-refractivity contribution in [3.8, 4) is 5.88 Å². The molecule has 172 valence electrons. The minimum absolute atomic E-state index is 0.0849. The van der Waals surface area contributed by atoms with E-state index in [1.807, 2.05) is 11.8 Å². The van der Waals surface area contributed by atoms with Gasteiger partial charge < -0.3 is 15.2 Å². The zero-order valence-electron chi connectivity index (χ0n) is 17.6. The van der Waals surface area contributed by atoms with E-state index in [0.29, 0.717) is 25.3 Å². The smallest absolute Gasteiger partial charge is 0.404 e. The third kappa shape index (κ3) is 5.27. The minimum Gasteiger partial charge on any atom is -0.471 e. The van der Waals surface area contributed by atoms with E-state index in [2.05, 4.69) is 10.2 Å². The second-order valence-electron chi connectivity index (χ2n) is 8.44. The van der Waals surface area contributed by atoms with E-state index in [1.165, 1.54) is 12.1 Å². The van der Waals surface area contributed by atoms with Gasteiger partial charge in [0.25, 0.3) is 0 Å². The molecule has 0 bridgehead atoms. The van der Waals surface area contributed by atoms with Crippen LogP contribution in [-0.4, -0.2) is 58.7 Å². The number of halogens is 3. The summed E-state index contributed by atoms with van der Waals surface area (Å²) in [5.41, 5.74) is 6.88. The number of carbonyl (C=O) groups excluding carboxylic acids is 1. The highest BCUT2D eigenvalue weighted by atomic mass is 35.5. The molecule has 0 radical (unpaired) electrons. The second-order valence-corrected chi connectivity index (χ2v) is 8.83. The monoisotopic (exact) mass is 466 g/mol. The molecular weight excluding hydrogens is 442 g/mol. The largest absolute Gasteiger partial charge is 0.471 e. The van der Waals surface area contributed by atoms with Gasteiger partial charge in [0, 0.05) is 31.1 Å². The van der Waals surface area contributed by atoms with Gasteiger partial charge in [0.15, 0.2) is 5.15 Å². The van der Waals surface area contributed by atoms with Gasteiger partial charge in [0.05, 0.1) is 0 Å².